The second kappa shape index (κ2) is 7.06. The Hall–Kier alpha value is -2.43. The van der Waals surface area contributed by atoms with Gasteiger partial charge in [0.25, 0.3) is 5.91 Å². The van der Waals surface area contributed by atoms with Crippen molar-refractivity contribution in [3.63, 3.8) is 0 Å². The van der Waals surface area contributed by atoms with E-state index in [-0.39, 0.29) is 24.9 Å². The van der Waals surface area contributed by atoms with E-state index >= 15 is 0 Å². The van der Waals surface area contributed by atoms with Crippen LogP contribution in [0.4, 0.5) is 0 Å². The van der Waals surface area contributed by atoms with Gasteiger partial charge in [-0.05, 0) is 58.2 Å². The zero-order chi connectivity index (χ0) is 19.0. The van der Waals surface area contributed by atoms with Gasteiger partial charge in [-0.15, -0.1) is 0 Å². The van der Waals surface area contributed by atoms with Crippen molar-refractivity contribution in [3.8, 4) is 0 Å². The summed E-state index contributed by atoms with van der Waals surface area (Å²) in [7, 11) is 0. The van der Waals surface area contributed by atoms with E-state index in [1.54, 1.807) is 4.90 Å². The van der Waals surface area contributed by atoms with Crippen LogP contribution in [0.2, 0.25) is 0 Å². The monoisotopic (exact) mass is 354 g/mol. The van der Waals surface area contributed by atoms with Crippen LogP contribution in [0.5, 0.6) is 0 Å². The van der Waals surface area contributed by atoms with Crippen molar-refractivity contribution in [1.29, 1.82) is 0 Å². The summed E-state index contributed by atoms with van der Waals surface area (Å²) in [5, 5.41) is 9.88. The highest BCUT2D eigenvalue weighted by Crippen LogP contribution is 2.40. The molecule has 1 aliphatic carbocycles. The molecule has 1 aromatic heterocycles. The number of amides is 1. The largest absolute Gasteiger partial charge is 0.481 e. The number of benzene rings is 1. The third-order valence-electron chi connectivity index (χ3n) is 4.94. The van der Waals surface area contributed by atoms with E-state index in [1.165, 1.54) is 0 Å². The number of aryl methyl sites for hydroxylation is 2. The number of fused-ring (bicyclic) bond motifs is 1. The molecule has 0 radical (unpaired) electrons. The minimum Gasteiger partial charge on any atom is -0.481 e. The maximum atomic E-state index is 13.3. The van der Waals surface area contributed by atoms with Gasteiger partial charge in [0.2, 0.25) is 0 Å². The van der Waals surface area contributed by atoms with E-state index in [0.717, 1.165) is 40.6 Å². The summed E-state index contributed by atoms with van der Waals surface area (Å²) in [4.78, 5) is 30.8. The number of rotatable bonds is 6. The Balaban J connectivity index is 2.11. The fraction of sp³-hybridized carbons (Fsp3) is 0.476. The van der Waals surface area contributed by atoms with Crippen LogP contribution in [0.15, 0.2) is 18.2 Å². The number of hydrogen-bond donors (Lipinski definition) is 1. The van der Waals surface area contributed by atoms with Crippen LogP contribution >= 0.6 is 0 Å². The highest BCUT2D eigenvalue weighted by atomic mass is 16.4. The Morgan fingerprint density at radius 2 is 1.92 bits per heavy atom. The highest BCUT2D eigenvalue weighted by Gasteiger charge is 2.29. The highest BCUT2D eigenvalue weighted by molar-refractivity contribution is 6.07. The number of aromatic nitrogens is 1. The molecule has 26 heavy (non-hydrogen) atoms. The van der Waals surface area contributed by atoms with Crippen molar-refractivity contribution in [2.24, 2.45) is 0 Å². The van der Waals surface area contributed by atoms with Crippen molar-refractivity contribution >= 4 is 22.8 Å². The Morgan fingerprint density at radius 1 is 1.23 bits per heavy atom. The number of pyridine rings is 1. The van der Waals surface area contributed by atoms with Crippen molar-refractivity contribution in [2.45, 2.75) is 58.9 Å². The fourth-order valence-electron chi connectivity index (χ4n) is 3.43. The zero-order valence-corrected chi connectivity index (χ0v) is 15.9. The maximum Gasteiger partial charge on any atom is 0.305 e. The van der Waals surface area contributed by atoms with Crippen molar-refractivity contribution in [2.75, 3.05) is 6.54 Å². The second-order valence-corrected chi connectivity index (χ2v) is 7.58. The summed E-state index contributed by atoms with van der Waals surface area (Å²) in [5.74, 6) is -0.563. The van der Waals surface area contributed by atoms with Gasteiger partial charge in [-0.25, -0.2) is 0 Å². The average molecular weight is 354 g/mol. The van der Waals surface area contributed by atoms with Gasteiger partial charge in [0, 0.05) is 29.6 Å². The summed E-state index contributed by atoms with van der Waals surface area (Å²) in [5.41, 5.74) is 4.66. The number of carbonyl (C=O) groups excluding carboxylic acids is 1. The molecule has 0 spiro atoms. The average Bonchev–Trinajstić information content (AvgIpc) is 3.38. The Labute approximate surface area is 154 Å². The lowest BCUT2D eigenvalue weighted by molar-refractivity contribution is -0.137. The molecule has 138 valence electrons. The van der Waals surface area contributed by atoms with Crippen molar-refractivity contribution in [1.82, 2.24) is 9.88 Å². The third-order valence-corrected chi connectivity index (χ3v) is 4.94. The molecule has 5 nitrogen and oxygen atoms in total. The molecule has 5 heteroatoms. The van der Waals surface area contributed by atoms with E-state index in [2.05, 4.69) is 6.07 Å². The molecule has 0 aliphatic heterocycles. The normalized spacial score (nSPS) is 14.0. The molecule has 1 aromatic carbocycles. The summed E-state index contributed by atoms with van der Waals surface area (Å²) >= 11 is 0. The third kappa shape index (κ3) is 3.71. The minimum absolute atomic E-state index is 0.0551. The first kappa shape index (κ1) is 18.4. The smallest absolute Gasteiger partial charge is 0.305 e. The van der Waals surface area contributed by atoms with Crippen LogP contribution in [0.25, 0.3) is 10.9 Å². The summed E-state index contributed by atoms with van der Waals surface area (Å²) in [6.07, 6.45) is 2.17. The van der Waals surface area contributed by atoms with Gasteiger partial charge in [0.15, 0.2) is 0 Å². The second-order valence-electron chi connectivity index (χ2n) is 7.58. The van der Waals surface area contributed by atoms with Crippen LogP contribution in [-0.2, 0) is 4.79 Å². The molecule has 3 rings (SSSR count). The molecule has 2 aromatic rings. The molecule has 0 unspecified atom stereocenters. The van der Waals surface area contributed by atoms with Gasteiger partial charge in [0.1, 0.15) is 0 Å². The molecular formula is C21H26N2O3. The summed E-state index contributed by atoms with van der Waals surface area (Å²) in [6.45, 7) is 8.08. The number of hydrogen-bond acceptors (Lipinski definition) is 3. The van der Waals surface area contributed by atoms with E-state index in [0.29, 0.717) is 11.5 Å². The first-order chi connectivity index (χ1) is 12.3. The summed E-state index contributed by atoms with van der Waals surface area (Å²) < 4.78 is 0. The van der Waals surface area contributed by atoms with Gasteiger partial charge in [-0.3, -0.25) is 14.6 Å². The van der Waals surface area contributed by atoms with Gasteiger partial charge in [0.05, 0.1) is 17.5 Å². The van der Waals surface area contributed by atoms with Crippen molar-refractivity contribution in [3.05, 3.63) is 40.6 Å². The van der Waals surface area contributed by atoms with Crippen LogP contribution < -0.4 is 0 Å². The summed E-state index contributed by atoms with van der Waals surface area (Å²) in [6, 6.07) is 5.96. The zero-order valence-electron chi connectivity index (χ0n) is 15.9. The SMILES string of the molecule is Cc1cc(C)c2nc(C3CC3)cc(C(=O)N(CCC(=O)O)C(C)C)c2c1. The van der Waals surface area contributed by atoms with E-state index in [4.69, 9.17) is 10.1 Å². The van der Waals surface area contributed by atoms with Crippen LogP contribution in [0.1, 0.15) is 66.2 Å². The Kier molecular flexibility index (Phi) is 4.99. The molecule has 1 aliphatic rings. The molecule has 1 amide bonds. The topological polar surface area (TPSA) is 70.5 Å². The molecule has 0 bridgehead atoms. The van der Waals surface area contributed by atoms with Gasteiger partial charge in [-0.2, -0.15) is 0 Å². The standard InChI is InChI=1S/C21H26N2O3/c1-12(2)23(8-7-19(24)25)21(26)17-11-18(15-5-6-15)22-20-14(4)9-13(3)10-16(17)20/h9-12,15H,5-8H2,1-4H3,(H,24,25). The van der Waals surface area contributed by atoms with E-state index in [1.807, 2.05) is 39.8 Å². The lowest BCUT2D eigenvalue weighted by atomic mass is 9.99. The number of nitrogens with zero attached hydrogens (tertiary/aromatic N) is 2. The lowest BCUT2D eigenvalue weighted by Crippen LogP contribution is -2.38. The first-order valence-corrected chi connectivity index (χ1v) is 9.22. The van der Waals surface area contributed by atoms with Crippen LogP contribution in [0.3, 0.4) is 0 Å². The first-order valence-electron chi connectivity index (χ1n) is 9.22. The van der Waals surface area contributed by atoms with Gasteiger partial charge < -0.3 is 10.0 Å². The molecule has 0 saturated heterocycles. The molecule has 1 N–H and O–H groups in total. The minimum atomic E-state index is -0.895. The predicted molar refractivity (Wildman–Crippen MR) is 102 cm³/mol. The predicted octanol–water partition coefficient (Wildman–Crippen LogP) is 4.05. The number of aliphatic carboxylic acids is 1. The van der Waals surface area contributed by atoms with Crippen LogP contribution in [-0.4, -0.2) is 39.5 Å². The number of carboxylic acid groups (broad SMARTS) is 1. The molecule has 0 atom stereocenters. The number of carbonyl (C=O) groups is 2. The molecule has 1 fully saturated rings. The quantitative estimate of drug-likeness (QED) is 0.849. The van der Waals surface area contributed by atoms with Gasteiger partial charge in [-0.1, -0.05) is 11.6 Å². The Morgan fingerprint density at radius 3 is 2.50 bits per heavy atom. The maximum absolute atomic E-state index is 13.3. The Bertz CT molecular complexity index is 869. The van der Waals surface area contributed by atoms with E-state index < -0.39 is 5.97 Å². The fourth-order valence-corrected chi connectivity index (χ4v) is 3.43. The lowest BCUT2D eigenvalue weighted by Gasteiger charge is -2.27. The molecule has 1 heterocycles. The van der Waals surface area contributed by atoms with Gasteiger partial charge >= 0.3 is 5.97 Å². The molecular weight excluding hydrogens is 328 g/mol. The number of carboxylic acids is 1. The van der Waals surface area contributed by atoms with E-state index in [9.17, 15) is 9.59 Å². The van der Waals surface area contributed by atoms with Crippen molar-refractivity contribution < 1.29 is 14.7 Å². The van der Waals surface area contributed by atoms with Crippen LogP contribution in [0, 0.1) is 13.8 Å². The molecule has 1 saturated carbocycles.